The first-order valence-electron chi connectivity index (χ1n) is 7.36. The Morgan fingerprint density at radius 3 is 2.64 bits per heavy atom. The van der Waals surface area contributed by atoms with E-state index in [0.717, 1.165) is 6.08 Å². The second kappa shape index (κ2) is 7.91. The lowest BCUT2D eigenvalue weighted by Gasteiger charge is -2.12. The normalized spacial score (nSPS) is 11.9. The number of nitrogens with zero attached hydrogens (tertiary/aromatic N) is 1. The summed E-state index contributed by atoms with van der Waals surface area (Å²) in [7, 11) is 0. The number of esters is 1. The highest BCUT2D eigenvalue weighted by molar-refractivity contribution is 5.98. The highest BCUT2D eigenvalue weighted by Gasteiger charge is 2.20. The molecule has 0 saturated heterocycles. The zero-order valence-electron chi connectivity index (χ0n) is 13.6. The van der Waals surface area contributed by atoms with Gasteiger partial charge in [-0.25, -0.2) is 4.79 Å². The van der Waals surface area contributed by atoms with Gasteiger partial charge in [-0.2, -0.15) is 0 Å². The lowest BCUT2D eigenvalue weighted by atomic mass is 10.2. The third-order valence-corrected chi connectivity index (χ3v) is 3.17. The zero-order valence-corrected chi connectivity index (χ0v) is 13.6. The number of nitrogens with one attached hydrogen (secondary N) is 1. The Morgan fingerprint density at radius 2 is 2.00 bits per heavy atom. The van der Waals surface area contributed by atoms with E-state index >= 15 is 0 Å². The Balaban J connectivity index is 1.95. The molecule has 2 rings (SSSR count). The maximum atomic E-state index is 12.0. The summed E-state index contributed by atoms with van der Waals surface area (Å²) >= 11 is 0. The van der Waals surface area contributed by atoms with Gasteiger partial charge in [0, 0.05) is 12.1 Å². The van der Waals surface area contributed by atoms with Crippen molar-refractivity contribution < 1.29 is 23.7 Å². The first-order valence-corrected chi connectivity index (χ1v) is 7.36. The van der Waals surface area contributed by atoms with E-state index in [1.54, 1.807) is 25.1 Å². The predicted molar refractivity (Wildman–Crippen MR) is 89.8 cm³/mol. The summed E-state index contributed by atoms with van der Waals surface area (Å²) in [6.45, 7) is 3.14. The summed E-state index contributed by atoms with van der Waals surface area (Å²) < 4.78 is 10.2. The fourth-order valence-corrected chi connectivity index (χ4v) is 1.93. The van der Waals surface area contributed by atoms with Gasteiger partial charge in [0.15, 0.2) is 6.10 Å². The van der Waals surface area contributed by atoms with E-state index < -0.39 is 22.9 Å². The molecule has 0 aliphatic rings. The zero-order chi connectivity index (χ0) is 18.4. The number of carbonyl (C=O) groups excluding carboxylic acids is 2. The van der Waals surface area contributed by atoms with Gasteiger partial charge in [-0.15, -0.1) is 0 Å². The second-order valence-corrected chi connectivity index (χ2v) is 5.12. The third kappa shape index (κ3) is 5.03. The van der Waals surface area contributed by atoms with E-state index in [1.807, 2.05) is 0 Å². The number of benzene rings is 1. The van der Waals surface area contributed by atoms with Crippen LogP contribution in [-0.4, -0.2) is 22.9 Å². The summed E-state index contributed by atoms with van der Waals surface area (Å²) in [5.41, 5.74) is -0.218. The smallest absolute Gasteiger partial charge is 0.331 e. The average Bonchev–Trinajstić information content (AvgIpc) is 2.98. The molecule has 8 heteroatoms. The summed E-state index contributed by atoms with van der Waals surface area (Å²) in [5.74, 6) is -0.235. The minimum Gasteiger partial charge on any atom is -0.462 e. The molecular weight excluding hydrogens is 328 g/mol. The van der Waals surface area contributed by atoms with Gasteiger partial charge in [0.05, 0.1) is 4.92 Å². The molecule has 2 aromatic rings. The van der Waals surface area contributed by atoms with Gasteiger partial charge in [-0.05, 0) is 38.1 Å². The van der Waals surface area contributed by atoms with E-state index in [9.17, 15) is 19.7 Å². The molecule has 0 spiro atoms. The van der Waals surface area contributed by atoms with Gasteiger partial charge >= 0.3 is 5.97 Å². The number of hydrogen-bond acceptors (Lipinski definition) is 6. The first kappa shape index (κ1) is 17.9. The van der Waals surface area contributed by atoms with Crippen LogP contribution in [0.15, 0.2) is 46.9 Å². The number of nitro benzene ring substituents is 1. The molecule has 1 N–H and O–H groups in total. The van der Waals surface area contributed by atoms with E-state index in [2.05, 4.69) is 5.32 Å². The average molecular weight is 344 g/mol. The van der Waals surface area contributed by atoms with Crippen LogP contribution < -0.4 is 5.32 Å². The van der Waals surface area contributed by atoms with E-state index in [1.165, 1.54) is 31.2 Å². The fraction of sp³-hybridized carbons (Fsp3) is 0.176. The van der Waals surface area contributed by atoms with Crippen LogP contribution in [0.25, 0.3) is 6.08 Å². The number of carbonyl (C=O) groups is 2. The van der Waals surface area contributed by atoms with E-state index in [-0.39, 0.29) is 11.4 Å². The molecule has 0 fully saturated rings. The quantitative estimate of drug-likeness (QED) is 0.373. The summed E-state index contributed by atoms with van der Waals surface area (Å²) in [5, 5.41) is 13.3. The molecule has 0 bridgehead atoms. The van der Waals surface area contributed by atoms with Crippen molar-refractivity contribution in [3.05, 3.63) is 64.1 Å². The molecule has 130 valence electrons. The Morgan fingerprint density at radius 1 is 1.28 bits per heavy atom. The number of ether oxygens (including phenoxy) is 1. The first-order chi connectivity index (χ1) is 11.9. The number of amides is 1. The van der Waals surface area contributed by atoms with E-state index in [4.69, 9.17) is 9.15 Å². The molecular formula is C17H16N2O6. The van der Waals surface area contributed by atoms with Crippen molar-refractivity contribution in [3.8, 4) is 0 Å². The Hall–Kier alpha value is -3.42. The summed E-state index contributed by atoms with van der Waals surface area (Å²) in [6.07, 6.45) is 1.42. The van der Waals surface area contributed by atoms with Crippen molar-refractivity contribution in [2.45, 2.75) is 20.0 Å². The van der Waals surface area contributed by atoms with Crippen LogP contribution in [-0.2, 0) is 14.3 Å². The van der Waals surface area contributed by atoms with Crippen molar-refractivity contribution in [1.29, 1.82) is 0 Å². The molecule has 1 aromatic heterocycles. The van der Waals surface area contributed by atoms with Crippen LogP contribution >= 0.6 is 0 Å². The number of aryl methyl sites for hydroxylation is 1. The molecule has 1 amide bonds. The maximum Gasteiger partial charge on any atom is 0.331 e. The molecule has 1 atom stereocenters. The lowest BCUT2D eigenvalue weighted by molar-refractivity contribution is -0.383. The lowest BCUT2D eigenvalue weighted by Crippen LogP contribution is -2.29. The van der Waals surface area contributed by atoms with Crippen LogP contribution in [0.3, 0.4) is 0 Å². The number of furan rings is 1. The predicted octanol–water partition coefficient (Wildman–Crippen LogP) is 3.08. The molecule has 0 radical (unpaired) electrons. The fourth-order valence-electron chi connectivity index (χ4n) is 1.93. The Kier molecular flexibility index (Phi) is 5.67. The standard InChI is InChI=1S/C17H16N2O6/c1-11-7-8-13(24-11)9-10-16(20)25-12(2)17(21)18-14-5-3-4-6-15(14)19(22)23/h3-10,12H,1-2H3,(H,18,21). The van der Waals surface area contributed by atoms with Crippen LogP contribution in [0.2, 0.25) is 0 Å². The largest absolute Gasteiger partial charge is 0.462 e. The molecule has 8 nitrogen and oxygen atoms in total. The third-order valence-electron chi connectivity index (χ3n) is 3.17. The molecule has 1 aromatic carbocycles. The maximum absolute atomic E-state index is 12.0. The Bertz CT molecular complexity index is 824. The minimum atomic E-state index is -1.13. The highest BCUT2D eigenvalue weighted by atomic mass is 16.6. The minimum absolute atomic E-state index is 0.0296. The van der Waals surface area contributed by atoms with Gasteiger partial charge in [0.2, 0.25) is 0 Å². The summed E-state index contributed by atoms with van der Waals surface area (Å²) in [4.78, 5) is 34.1. The monoisotopic (exact) mass is 344 g/mol. The molecule has 0 aliphatic heterocycles. The van der Waals surface area contributed by atoms with Gasteiger partial charge in [0.25, 0.3) is 11.6 Å². The van der Waals surface area contributed by atoms with Crippen molar-refractivity contribution in [2.24, 2.45) is 0 Å². The second-order valence-electron chi connectivity index (χ2n) is 5.12. The highest BCUT2D eigenvalue weighted by Crippen LogP contribution is 2.23. The van der Waals surface area contributed by atoms with Crippen molar-refractivity contribution >= 4 is 29.3 Å². The van der Waals surface area contributed by atoms with Gasteiger partial charge in [0.1, 0.15) is 17.2 Å². The number of para-hydroxylation sites is 2. The molecule has 1 heterocycles. The van der Waals surface area contributed by atoms with Crippen molar-refractivity contribution in [3.63, 3.8) is 0 Å². The van der Waals surface area contributed by atoms with Crippen LogP contribution in [0.1, 0.15) is 18.4 Å². The SMILES string of the molecule is Cc1ccc(C=CC(=O)OC(C)C(=O)Nc2ccccc2[N+](=O)[O-])o1. The molecule has 0 saturated carbocycles. The molecule has 0 aliphatic carbocycles. The van der Waals surface area contributed by atoms with Crippen LogP contribution in [0.5, 0.6) is 0 Å². The Labute approximate surface area is 143 Å². The van der Waals surface area contributed by atoms with Crippen molar-refractivity contribution in [2.75, 3.05) is 5.32 Å². The van der Waals surface area contributed by atoms with Gasteiger partial charge < -0.3 is 14.5 Å². The number of anilines is 1. The van der Waals surface area contributed by atoms with Crippen LogP contribution in [0, 0.1) is 17.0 Å². The number of nitro groups is 1. The van der Waals surface area contributed by atoms with Gasteiger partial charge in [-0.1, -0.05) is 12.1 Å². The molecule has 25 heavy (non-hydrogen) atoms. The number of hydrogen-bond donors (Lipinski definition) is 1. The summed E-state index contributed by atoms with van der Waals surface area (Å²) in [6, 6.07) is 9.12. The van der Waals surface area contributed by atoms with Crippen LogP contribution in [0.4, 0.5) is 11.4 Å². The number of rotatable bonds is 6. The topological polar surface area (TPSA) is 112 Å². The van der Waals surface area contributed by atoms with Crippen molar-refractivity contribution in [1.82, 2.24) is 0 Å². The van der Waals surface area contributed by atoms with Gasteiger partial charge in [-0.3, -0.25) is 14.9 Å². The van der Waals surface area contributed by atoms with E-state index in [0.29, 0.717) is 11.5 Å². The molecule has 1 unspecified atom stereocenters.